The van der Waals surface area contributed by atoms with Crippen LogP contribution in [0.2, 0.25) is 0 Å². The molecule has 0 atom stereocenters. The summed E-state index contributed by atoms with van der Waals surface area (Å²) in [4.78, 5) is 20.1. The second kappa shape index (κ2) is 6.69. The summed E-state index contributed by atoms with van der Waals surface area (Å²) in [6.45, 7) is 5.76. The number of nitrogens with zero attached hydrogens (tertiary/aromatic N) is 3. The fraction of sp³-hybridized carbons (Fsp3) is 0.500. The Balaban J connectivity index is 2.07. The highest BCUT2D eigenvalue weighted by molar-refractivity contribution is 5.87. The summed E-state index contributed by atoms with van der Waals surface area (Å²) in [5, 5.41) is 16.6. The van der Waals surface area contributed by atoms with Crippen molar-refractivity contribution in [3.8, 4) is 0 Å². The summed E-state index contributed by atoms with van der Waals surface area (Å²) in [7, 11) is 0. The van der Waals surface area contributed by atoms with Gasteiger partial charge in [0, 0.05) is 26.1 Å². The van der Waals surface area contributed by atoms with Crippen molar-refractivity contribution in [1.82, 2.24) is 25.5 Å². The predicted octanol–water partition coefficient (Wildman–Crippen LogP) is 0.723. The first-order valence-corrected chi connectivity index (χ1v) is 6.70. The monoisotopic (exact) mass is 277 g/mol. The van der Waals surface area contributed by atoms with Crippen molar-refractivity contribution >= 4 is 28.7 Å². The van der Waals surface area contributed by atoms with E-state index in [2.05, 4.69) is 36.1 Å². The fourth-order valence-corrected chi connectivity index (χ4v) is 1.79. The molecule has 2 heterocycles. The summed E-state index contributed by atoms with van der Waals surface area (Å²) in [6.07, 6.45) is 2.06. The predicted molar refractivity (Wildman–Crippen MR) is 77.6 cm³/mol. The molecule has 0 spiro atoms. The Morgan fingerprint density at radius 3 is 2.85 bits per heavy atom. The highest BCUT2D eigenvalue weighted by Gasteiger charge is 2.09. The molecule has 4 N–H and O–H groups in total. The largest absolute Gasteiger partial charge is 0.369 e. The zero-order chi connectivity index (χ0) is 14.4. The lowest BCUT2D eigenvalue weighted by Gasteiger charge is -2.08. The van der Waals surface area contributed by atoms with Crippen LogP contribution in [0.5, 0.6) is 0 Å². The van der Waals surface area contributed by atoms with Crippen LogP contribution >= 0.6 is 0 Å². The number of carbonyl (C=O) groups excluding carboxylic acids is 1. The number of rotatable bonds is 7. The molecule has 0 unspecified atom stereocenters. The maximum absolute atomic E-state index is 11.4. The Kier molecular flexibility index (Phi) is 4.70. The minimum absolute atomic E-state index is 0.0180. The van der Waals surface area contributed by atoms with Crippen LogP contribution in [0.25, 0.3) is 11.0 Å². The average Bonchev–Trinajstić information content (AvgIpc) is 2.88. The van der Waals surface area contributed by atoms with E-state index < -0.39 is 0 Å². The molecule has 0 aliphatic rings. The molecule has 0 aliphatic carbocycles. The molecule has 2 aromatic heterocycles. The van der Waals surface area contributed by atoms with Crippen LogP contribution in [0.3, 0.4) is 0 Å². The van der Waals surface area contributed by atoms with Gasteiger partial charge < -0.3 is 16.0 Å². The van der Waals surface area contributed by atoms with Crippen molar-refractivity contribution in [2.75, 3.05) is 30.3 Å². The second-order valence-electron chi connectivity index (χ2n) is 4.19. The summed E-state index contributed by atoms with van der Waals surface area (Å²) in [5.41, 5.74) is 0.663. The molecule has 108 valence electrons. The topological polar surface area (TPSA) is 108 Å². The number of nitrogens with one attached hydrogen (secondary N) is 4. The second-order valence-corrected chi connectivity index (χ2v) is 4.19. The first-order valence-electron chi connectivity index (χ1n) is 6.70. The highest BCUT2D eigenvalue weighted by Crippen LogP contribution is 2.19. The van der Waals surface area contributed by atoms with Crippen LogP contribution in [-0.4, -0.2) is 45.7 Å². The van der Waals surface area contributed by atoms with Gasteiger partial charge in [0.1, 0.15) is 5.82 Å². The van der Waals surface area contributed by atoms with E-state index in [1.807, 2.05) is 13.8 Å². The third-order valence-corrected chi connectivity index (χ3v) is 2.66. The number of amides is 1. The smallest absolute Gasteiger partial charge is 0.226 e. The number of hydrogen-bond donors (Lipinski definition) is 4. The van der Waals surface area contributed by atoms with Crippen LogP contribution in [0.1, 0.15) is 20.3 Å². The standard InChI is InChI=1S/C12H19N7O/c1-3-13-9(20)5-6-15-10-8-7-16-19-11(8)18-12(17-10)14-4-2/h7H,3-6H2,1-2H3,(H,13,20)(H3,14,15,16,17,18,19). The zero-order valence-corrected chi connectivity index (χ0v) is 11.7. The van der Waals surface area contributed by atoms with Crippen LogP contribution in [-0.2, 0) is 4.79 Å². The van der Waals surface area contributed by atoms with Crippen molar-refractivity contribution in [3.63, 3.8) is 0 Å². The number of H-pyrrole nitrogens is 1. The molecule has 2 aromatic rings. The number of fused-ring (bicyclic) bond motifs is 1. The number of carbonyl (C=O) groups is 1. The molecule has 8 nitrogen and oxygen atoms in total. The van der Waals surface area contributed by atoms with Crippen molar-refractivity contribution in [3.05, 3.63) is 6.20 Å². The average molecular weight is 277 g/mol. The third kappa shape index (κ3) is 3.34. The highest BCUT2D eigenvalue weighted by atomic mass is 16.1. The molecule has 0 saturated heterocycles. The number of anilines is 2. The minimum atomic E-state index is 0.0180. The minimum Gasteiger partial charge on any atom is -0.369 e. The van der Waals surface area contributed by atoms with Gasteiger partial charge in [0.05, 0.1) is 11.6 Å². The summed E-state index contributed by atoms with van der Waals surface area (Å²) < 4.78 is 0. The maximum Gasteiger partial charge on any atom is 0.226 e. The summed E-state index contributed by atoms with van der Waals surface area (Å²) in [5.74, 6) is 1.22. The van der Waals surface area contributed by atoms with Gasteiger partial charge in [0.15, 0.2) is 5.65 Å². The maximum atomic E-state index is 11.4. The fourth-order valence-electron chi connectivity index (χ4n) is 1.79. The Hall–Kier alpha value is -2.38. The van der Waals surface area contributed by atoms with Gasteiger partial charge in [-0.15, -0.1) is 0 Å². The molecular formula is C12H19N7O. The lowest BCUT2D eigenvalue weighted by atomic mass is 10.3. The molecule has 1 amide bonds. The number of hydrogen-bond acceptors (Lipinski definition) is 6. The molecular weight excluding hydrogens is 258 g/mol. The van der Waals surface area contributed by atoms with Gasteiger partial charge in [0.2, 0.25) is 11.9 Å². The van der Waals surface area contributed by atoms with Gasteiger partial charge in [-0.3, -0.25) is 9.89 Å². The quantitative estimate of drug-likeness (QED) is 0.594. The first-order chi connectivity index (χ1) is 9.74. The normalized spacial score (nSPS) is 10.5. The lowest BCUT2D eigenvalue weighted by Crippen LogP contribution is -2.24. The van der Waals surface area contributed by atoms with Gasteiger partial charge in [-0.25, -0.2) is 0 Å². The van der Waals surface area contributed by atoms with E-state index in [9.17, 15) is 4.79 Å². The molecule has 2 rings (SSSR count). The SMILES string of the molecule is CCNC(=O)CCNc1nc(NCC)nc2[nH]ncc12. The third-order valence-electron chi connectivity index (χ3n) is 2.66. The van der Waals surface area contributed by atoms with Crippen molar-refractivity contribution < 1.29 is 4.79 Å². The Bertz CT molecular complexity index is 580. The first kappa shape index (κ1) is 14.0. The van der Waals surface area contributed by atoms with E-state index in [4.69, 9.17) is 0 Å². The van der Waals surface area contributed by atoms with Crippen LogP contribution < -0.4 is 16.0 Å². The van der Waals surface area contributed by atoms with Gasteiger partial charge in [-0.2, -0.15) is 15.1 Å². The Morgan fingerprint density at radius 2 is 2.10 bits per heavy atom. The molecule has 0 aliphatic heterocycles. The van der Waals surface area contributed by atoms with Gasteiger partial charge >= 0.3 is 0 Å². The molecule has 0 radical (unpaired) electrons. The van der Waals surface area contributed by atoms with Crippen molar-refractivity contribution in [1.29, 1.82) is 0 Å². The van der Waals surface area contributed by atoms with E-state index in [-0.39, 0.29) is 5.91 Å². The molecule has 20 heavy (non-hydrogen) atoms. The molecule has 0 saturated carbocycles. The van der Waals surface area contributed by atoms with Gasteiger partial charge in [0.25, 0.3) is 0 Å². The van der Waals surface area contributed by atoms with E-state index in [1.54, 1.807) is 6.20 Å². The van der Waals surface area contributed by atoms with E-state index in [1.165, 1.54) is 0 Å². The summed E-state index contributed by atoms with van der Waals surface area (Å²) >= 11 is 0. The van der Waals surface area contributed by atoms with Crippen LogP contribution in [0.15, 0.2) is 6.20 Å². The number of aromatic nitrogens is 4. The lowest BCUT2D eigenvalue weighted by molar-refractivity contribution is -0.120. The van der Waals surface area contributed by atoms with E-state index in [0.717, 1.165) is 11.9 Å². The van der Waals surface area contributed by atoms with Crippen molar-refractivity contribution in [2.45, 2.75) is 20.3 Å². The summed E-state index contributed by atoms with van der Waals surface area (Å²) in [6, 6.07) is 0. The van der Waals surface area contributed by atoms with Crippen LogP contribution in [0.4, 0.5) is 11.8 Å². The zero-order valence-electron chi connectivity index (χ0n) is 11.7. The molecule has 0 bridgehead atoms. The van der Waals surface area contributed by atoms with Gasteiger partial charge in [-0.05, 0) is 13.8 Å². The Labute approximate surface area is 116 Å². The Morgan fingerprint density at radius 1 is 1.25 bits per heavy atom. The van der Waals surface area contributed by atoms with Gasteiger partial charge in [-0.1, -0.05) is 0 Å². The molecule has 0 aromatic carbocycles. The van der Waals surface area contributed by atoms with Crippen LogP contribution in [0, 0.1) is 0 Å². The molecule has 8 heteroatoms. The number of aromatic amines is 1. The van der Waals surface area contributed by atoms with E-state index in [0.29, 0.717) is 36.9 Å². The molecule has 0 fully saturated rings. The van der Waals surface area contributed by atoms with E-state index >= 15 is 0 Å². The van der Waals surface area contributed by atoms with Crippen molar-refractivity contribution in [2.24, 2.45) is 0 Å².